The molecule has 0 saturated heterocycles. The van der Waals surface area contributed by atoms with E-state index < -0.39 is 0 Å². The summed E-state index contributed by atoms with van der Waals surface area (Å²) < 4.78 is 1.95. The van der Waals surface area contributed by atoms with Gasteiger partial charge in [0.2, 0.25) is 0 Å². The monoisotopic (exact) mass is 207 g/mol. The Morgan fingerprint density at radius 3 is 2.38 bits per heavy atom. The number of benzene rings is 1. The molecule has 0 bridgehead atoms. The van der Waals surface area contributed by atoms with Crippen LogP contribution in [0.4, 0.5) is 0 Å². The minimum atomic E-state index is 1.09. The molecule has 0 unspecified atom stereocenters. The van der Waals surface area contributed by atoms with E-state index in [1.165, 1.54) is 5.92 Å². The lowest BCUT2D eigenvalue weighted by Gasteiger charge is -2.11. The van der Waals surface area contributed by atoms with E-state index >= 15 is 0 Å². The second-order valence-corrected chi connectivity index (χ2v) is 3.64. The van der Waals surface area contributed by atoms with Gasteiger partial charge in [0.15, 0.2) is 0 Å². The summed E-state index contributed by atoms with van der Waals surface area (Å²) in [6, 6.07) is 12.2. The molecule has 1 saturated carbocycles. The van der Waals surface area contributed by atoms with Crippen LogP contribution in [-0.4, -0.2) is 9.78 Å². The van der Waals surface area contributed by atoms with Crippen LogP contribution in [0, 0.1) is 31.6 Å². The Bertz CT molecular complexity index is 453. The fraction of sp³-hybridized carbons (Fsp3) is 0. The van der Waals surface area contributed by atoms with Gasteiger partial charge in [-0.15, -0.1) is 0 Å². The Labute approximate surface area is 95.9 Å². The number of nitrogens with zero attached hydrogens (tertiary/aromatic N) is 2. The summed E-state index contributed by atoms with van der Waals surface area (Å²) >= 11 is 0. The highest BCUT2D eigenvalue weighted by Gasteiger charge is 2.22. The van der Waals surface area contributed by atoms with Gasteiger partial charge in [-0.1, -0.05) is 18.2 Å². The van der Waals surface area contributed by atoms with Crippen molar-refractivity contribution in [3.8, 4) is 5.69 Å². The third-order valence-electron chi connectivity index (χ3n) is 2.60. The fourth-order valence-electron chi connectivity index (χ4n) is 1.84. The minimum absolute atomic E-state index is 1.09. The number of para-hydroxylation sites is 1. The SMILES string of the molecule is [CH]1[CH][CH][C](c2ccnn2-c2ccccc2)[CH]1. The van der Waals surface area contributed by atoms with Gasteiger partial charge in [0.1, 0.15) is 0 Å². The predicted octanol–water partition coefficient (Wildman–Crippen LogP) is 2.63. The molecule has 1 aromatic heterocycles. The summed E-state index contributed by atoms with van der Waals surface area (Å²) in [7, 11) is 0. The molecule has 16 heavy (non-hydrogen) atoms. The van der Waals surface area contributed by atoms with Crippen molar-refractivity contribution in [3.63, 3.8) is 0 Å². The predicted molar refractivity (Wildman–Crippen MR) is 63.1 cm³/mol. The molecule has 0 atom stereocenters. The first-order chi connectivity index (χ1) is 7.95. The smallest absolute Gasteiger partial charge is 0.0649 e. The molecule has 1 aliphatic carbocycles. The van der Waals surface area contributed by atoms with E-state index in [1.807, 2.05) is 48.0 Å². The third kappa shape index (κ3) is 1.64. The first-order valence-corrected chi connectivity index (χ1v) is 5.27. The van der Waals surface area contributed by atoms with E-state index in [9.17, 15) is 0 Å². The topological polar surface area (TPSA) is 17.8 Å². The van der Waals surface area contributed by atoms with Gasteiger partial charge in [-0.2, -0.15) is 5.10 Å². The van der Waals surface area contributed by atoms with Crippen LogP contribution in [0.15, 0.2) is 42.6 Å². The van der Waals surface area contributed by atoms with E-state index in [0.717, 1.165) is 11.4 Å². The van der Waals surface area contributed by atoms with Crippen LogP contribution < -0.4 is 0 Å². The van der Waals surface area contributed by atoms with E-state index in [1.54, 1.807) is 0 Å². The Balaban J connectivity index is 1.99. The van der Waals surface area contributed by atoms with E-state index in [2.05, 4.69) is 30.1 Å². The van der Waals surface area contributed by atoms with Crippen molar-refractivity contribution in [3.05, 3.63) is 79.9 Å². The largest absolute Gasteiger partial charge is 0.237 e. The molecule has 2 aromatic rings. The lowest BCUT2D eigenvalue weighted by molar-refractivity contribution is 0.841. The van der Waals surface area contributed by atoms with Crippen LogP contribution in [0.1, 0.15) is 5.69 Å². The summed E-state index contributed by atoms with van der Waals surface area (Å²) in [5.41, 5.74) is 2.21. The third-order valence-corrected chi connectivity index (χ3v) is 2.60. The van der Waals surface area contributed by atoms with Gasteiger partial charge < -0.3 is 0 Å². The molecule has 77 valence electrons. The van der Waals surface area contributed by atoms with Crippen molar-refractivity contribution in [2.24, 2.45) is 0 Å². The highest BCUT2D eigenvalue weighted by molar-refractivity contribution is 5.49. The first kappa shape index (κ1) is 9.64. The van der Waals surface area contributed by atoms with Crippen molar-refractivity contribution in [2.75, 3.05) is 0 Å². The number of rotatable bonds is 2. The average molecular weight is 207 g/mol. The first-order valence-electron chi connectivity index (χ1n) is 5.27. The second-order valence-electron chi connectivity index (χ2n) is 3.64. The molecule has 0 N–H and O–H groups in total. The zero-order valence-corrected chi connectivity index (χ0v) is 8.75. The summed E-state index contributed by atoms with van der Waals surface area (Å²) in [6.45, 7) is 0. The van der Waals surface area contributed by atoms with Crippen LogP contribution >= 0.6 is 0 Å². The Hall–Kier alpha value is -1.57. The molecule has 0 spiro atoms. The maximum Gasteiger partial charge on any atom is 0.0649 e. The molecule has 5 radical (unpaired) electrons. The molecular weight excluding hydrogens is 196 g/mol. The van der Waals surface area contributed by atoms with Crippen molar-refractivity contribution >= 4 is 0 Å². The fourth-order valence-corrected chi connectivity index (χ4v) is 1.84. The molecule has 1 aromatic carbocycles. The number of hydrogen-bond acceptors (Lipinski definition) is 1. The molecule has 1 fully saturated rings. The number of hydrogen-bond donors (Lipinski definition) is 0. The van der Waals surface area contributed by atoms with Gasteiger partial charge in [-0.05, 0) is 43.9 Å². The highest BCUT2D eigenvalue weighted by atomic mass is 15.3. The summed E-state index contributed by atoms with van der Waals surface area (Å²) in [4.78, 5) is 0. The van der Waals surface area contributed by atoms with Crippen LogP contribution in [0.2, 0.25) is 0 Å². The maximum atomic E-state index is 4.36. The van der Waals surface area contributed by atoms with Gasteiger partial charge in [0.05, 0.1) is 11.4 Å². The Morgan fingerprint density at radius 1 is 0.875 bits per heavy atom. The average Bonchev–Trinajstić information content (AvgIpc) is 3.01. The molecule has 1 heterocycles. The standard InChI is InChI=1S/C14H11N2/c1-2-8-13(9-3-1)16-14(10-11-15-16)12-6-4-5-7-12/h1-11H. The van der Waals surface area contributed by atoms with Gasteiger partial charge in [0.25, 0.3) is 0 Å². The van der Waals surface area contributed by atoms with E-state index in [4.69, 9.17) is 0 Å². The second kappa shape index (κ2) is 4.12. The molecule has 1 aliphatic rings. The van der Waals surface area contributed by atoms with Crippen LogP contribution in [0.3, 0.4) is 0 Å². The van der Waals surface area contributed by atoms with Gasteiger partial charge >= 0.3 is 0 Å². The van der Waals surface area contributed by atoms with E-state index in [-0.39, 0.29) is 0 Å². The molecule has 3 rings (SSSR count). The van der Waals surface area contributed by atoms with Crippen LogP contribution in [0.25, 0.3) is 5.69 Å². The van der Waals surface area contributed by atoms with Crippen molar-refractivity contribution in [2.45, 2.75) is 0 Å². The van der Waals surface area contributed by atoms with Gasteiger partial charge in [0, 0.05) is 12.1 Å². The summed E-state index contributed by atoms with van der Waals surface area (Å²) in [5.74, 6) is 1.20. The highest BCUT2D eigenvalue weighted by Crippen LogP contribution is 2.30. The van der Waals surface area contributed by atoms with Crippen LogP contribution in [-0.2, 0) is 0 Å². The number of aromatic nitrogens is 2. The van der Waals surface area contributed by atoms with Crippen molar-refractivity contribution < 1.29 is 0 Å². The molecule has 2 heteroatoms. The van der Waals surface area contributed by atoms with Gasteiger partial charge in [-0.3, -0.25) is 0 Å². The molecule has 2 nitrogen and oxygen atoms in total. The molecular formula is C14H11N2. The Kier molecular flexibility index (Phi) is 2.49. The minimum Gasteiger partial charge on any atom is -0.237 e. The normalized spacial score (nSPS) is 16.8. The van der Waals surface area contributed by atoms with Crippen molar-refractivity contribution in [1.82, 2.24) is 9.78 Å². The zero-order chi connectivity index (χ0) is 10.8. The van der Waals surface area contributed by atoms with E-state index in [0.29, 0.717) is 0 Å². The lowest BCUT2D eigenvalue weighted by Crippen LogP contribution is -2.06. The van der Waals surface area contributed by atoms with Crippen LogP contribution in [0.5, 0.6) is 0 Å². The Morgan fingerprint density at radius 2 is 1.62 bits per heavy atom. The van der Waals surface area contributed by atoms with Crippen molar-refractivity contribution in [1.29, 1.82) is 0 Å². The molecule has 0 aliphatic heterocycles. The van der Waals surface area contributed by atoms with Gasteiger partial charge in [-0.25, -0.2) is 4.68 Å². The summed E-state index contributed by atoms with van der Waals surface area (Å²) in [6.07, 6.45) is 10.1. The zero-order valence-electron chi connectivity index (χ0n) is 8.75. The summed E-state index contributed by atoms with van der Waals surface area (Å²) in [5, 5.41) is 4.36. The molecule has 0 amide bonds. The quantitative estimate of drug-likeness (QED) is 0.740. The lowest BCUT2D eigenvalue weighted by atomic mass is 10.0. The maximum absolute atomic E-state index is 4.36.